The zero-order valence-electron chi connectivity index (χ0n) is 17.7. The molecule has 0 aromatic heterocycles. The third kappa shape index (κ3) is 5.97. The molecule has 2 heteroatoms. The van der Waals surface area contributed by atoms with Crippen LogP contribution in [0.1, 0.15) is 48.4 Å². The van der Waals surface area contributed by atoms with Gasteiger partial charge in [0.1, 0.15) is 5.75 Å². The standard InChI is InChI=1S/C26H35NO/c1-21(2)9-7-17-27-18-15-24-14-13-22(3)26(25(24)16-19-27)28-20-8-12-23-10-5-4-6-11-23/h4-6,10-11,13-14H,1,7-9,12,15-20H2,2-3H3. The Labute approximate surface area is 171 Å². The highest BCUT2D eigenvalue weighted by Gasteiger charge is 2.18. The molecule has 0 bridgehead atoms. The average molecular weight is 378 g/mol. The SMILES string of the molecule is C=C(C)CCCN1CCc2ccc(C)c(OCCCc3ccccc3)c2CC1. The molecule has 1 aliphatic rings. The predicted octanol–water partition coefficient (Wildman–Crippen LogP) is 5.76. The molecule has 0 N–H and O–H groups in total. The van der Waals surface area contributed by atoms with Crippen LogP contribution in [0.5, 0.6) is 5.75 Å². The lowest BCUT2D eigenvalue weighted by atomic mass is 9.99. The molecule has 0 spiro atoms. The Kier molecular flexibility index (Phi) is 7.73. The largest absolute Gasteiger partial charge is 0.493 e. The van der Waals surface area contributed by atoms with E-state index in [1.54, 1.807) is 0 Å². The summed E-state index contributed by atoms with van der Waals surface area (Å²) in [4.78, 5) is 2.61. The molecule has 1 aliphatic heterocycles. The van der Waals surface area contributed by atoms with E-state index < -0.39 is 0 Å². The number of rotatable bonds is 9. The molecule has 150 valence electrons. The van der Waals surface area contributed by atoms with Crippen molar-refractivity contribution in [3.05, 3.63) is 76.9 Å². The zero-order chi connectivity index (χ0) is 19.8. The van der Waals surface area contributed by atoms with E-state index in [0.29, 0.717) is 0 Å². The van der Waals surface area contributed by atoms with Gasteiger partial charge in [0.25, 0.3) is 0 Å². The Morgan fingerprint density at radius 3 is 2.61 bits per heavy atom. The molecular weight excluding hydrogens is 342 g/mol. The van der Waals surface area contributed by atoms with Crippen LogP contribution in [0.3, 0.4) is 0 Å². The van der Waals surface area contributed by atoms with Crippen LogP contribution >= 0.6 is 0 Å². The van der Waals surface area contributed by atoms with Crippen LogP contribution in [0.15, 0.2) is 54.6 Å². The molecule has 0 radical (unpaired) electrons. The summed E-state index contributed by atoms with van der Waals surface area (Å²) in [5.74, 6) is 1.15. The smallest absolute Gasteiger partial charge is 0.125 e. The molecule has 0 saturated carbocycles. The number of ether oxygens (including phenoxy) is 1. The quantitative estimate of drug-likeness (QED) is 0.407. The van der Waals surface area contributed by atoms with Gasteiger partial charge in [0.15, 0.2) is 0 Å². The van der Waals surface area contributed by atoms with Gasteiger partial charge in [-0.1, -0.05) is 48.0 Å². The minimum absolute atomic E-state index is 0.786. The minimum Gasteiger partial charge on any atom is -0.493 e. The molecule has 0 amide bonds. The molecule has 0 saturated heterocycles. The van der Waals surface area contributed by atoms with Crippen LogP contribution in [0, 0.1) is 6.92 Å². The lowest BCUT2D eigenvalue weighted by Crippen LogP contribution is -2.27. The van der Waals surface area contributed by atoms with Crippen molar-refractivity contribution >= 4 is 0 Å². The number of fused-ring (bicyclic) bond motifs is 1. The van der Waals surface area contributed by atoms with E-state index in [4.69, 9.17) is 4.74 Å². The van der Waals surface area contributed by atoms with Crippen molar-refractivity contribution in [1.82, 2.24) is 4.90 Å². The maximum atomic E-state index is 6.33. The number of allylic oxidation sites excluding steroid dienone is 1. The normalized spacial score (nSPS) is 14.4. The fourth-order valence-corrected chi connectivity index (χ4v) is 4.08. The van der Waals surface area contributed by atoms with Gasteiger partial charge in [-0.2, -0.15) is 0 Å². The van der Waals surface area contributed by atoms with Crippen molar-refractivity contribution in [3.63, 3.8) is 0 Å². The predicted molar refractivity (Wildman–Crippen MR) is 119 cm³/mol. The highest BCUT2D eigenvalue weighted by Crippen LogP contribution is 2.30. The average Bonchev–Trinajstić information content (AvgIpc) is 2.90. The summed E-state index contributed by atoms with van der Waals surface area (Å²) in [5, 5.41) is 0. The van der Waals surface area contributed by atoms with E-state index >= 15 is 0 Å². The van der Waals surface area contributed by atoms with Crippen LogP contribution in [0.25, 0.3) is 0 Å². The van der Waals surface area contributed by atoms with Gasteiger partial charge in [0.2, 0.25) is 0 Å². The van der Waals surface area contributed by atoms with Crippen LogP contribution in [0.4, 0.5) is 0 Å². The summed E-state index contributed by atoms with van der Waals surface area (Å²) in [6.45, 7) is 12.6. The maximum Gasteiger partial charge on any atom is 0.125 e. The summed E-state index contributed by atoms with van der Waals surface area (Å²) in [6.07, 6.45) is 6.71. The van der Waals surface area contributed by atoms with Crippen molar-refractivity contribution in [2.75, 3.05) is 26.2 Å². The Balaban J connectivity index is 1.56. The van der Waals surface area contributed by atoms with Gasteiger partial charge in [-0.3, -0.25) is 0 Å². The number of hydrogen-bond donors (Lipinski definition) is 0. The monoisotopic (exact) mass is 377 g/mol. The lowest BCUT2D eigenvalue weighted by molar-refractivity contribution is 0.281. The van der Waals surface area contributed by atoms with E-state index in [2.05, 4.69) is 67.8 Å². The fraction of sp³-hybridized carbons (Fsp3) is 0.462. The summed E-state index contributed by atoms with van der Waals surface area (Å²) in [6, 6.07) is 15.2. The van der Waals surface area contributed by atoms with E-state index in [-0.39, 0.29) is 0 Å². The van der Waals surface area contributed by atoms with Gasteiger partial charge in [0, 0.05) is 13.1 Å². The third-order valence-electron chi connectivity index (χ3n) is 5.71. The number of hydrogen-bond acceptors (Lipinski definition) is 2. The molecule has 2 aromatic rings. The second kappa shape index (κ2) is 10.5. The van der Waals surface area contributed by atoms with Gasteiger partial charge in [0.05, 0.1) is 6.61 Å². The second-order valence-corrected chi connectivity index (χ2v) is 8.19. The van der Waals surface area contributed by atoms with Crippen LogP contribution < -0.4 is 4.74 Å². The van der Waals surface area contributed by atoms with Crippen LogP contribution in [-0.2, 0) is 19.3 Å². The zero-order valence-corrected chi connectivity index (χ0v) is 17.7. The van der Waals surface area contributed by atoms with E-state index in [1.807, 2.05) is 0 Å². The first-order valence-corrected chi connectivity index (χ1v) is 10.8. The molecule has 3 rings (SSSR count). The lowest BCUT2D eigenvalue weighted by Gasteiger charge is -2.19. The minimum atomic E-state index is 0.786. The second-order valence-electron chi connectivity index (χ2n) is 8.19. The summed E-state index contributed by atoms with van der Waals surface area (Å²) >= 11 is 0. The first-order chi connectivity index (χ1) is 13.6. The van der Waals surface area contributed by atoms with E-state index in [9.17, 15) is 0 Å². The summed E-state index contributed by atoms with van der Waals surface area (Å²) < 4.78 is 6.33. The van der Waals surface area contributed by atoms with Crippen molar-refractivity contribution < 1.29 is 4.74 Å². The summed E-state index contributed by atoms with van der Waals surface area (Å²) in [5.41, 5.74) is 6.88. The molecular formula is C26H35NO. The first kappa shape index (κ1) is 20.7. The molecule has 28 heavy (non-hydrogen) atoms. The van der Waals surface area contributed by atoms with Gasteiger partial charge < -0.3 is 9.64 Å². The van der Waals surface area contributed by atoms with Crippen molar-refractivity contribution in [2.24, 2.45) is 0 Å². The number of nitrogens with zero attached hydrogens (tertiary/aromatic N) is 1. The highest BCUT2D eigenvalue weighted by atomic mass is 16.5. The van der Waals surface area contributed by atoms with Crippen molar-refractivity contribution in [1.29, 1.82) is 0 Å². The van der Waals surface area contributed by atoms with E-state index in [0.717, 1.165) is 57.6 Å². The van der Waals surface area contributed by atoms with Crippen LogP contribution in [0.2, 0.25) is 0 Å². The molecule has 1 heterocycles. The first-order valence-electron chi connectivity index (χ1n) is 10.8. The van der Waals surface area contributed by atoms with Crippen molar-refractivity contribution in [2.45, 2.75) is 52.4 Å². The third-order valence-corrected chi connectivity index (χ3v) is 5.71. The van der Waals surface area contributed by atoms with Gasteiger partial charge in [-0.15, -0.1) is 6.58 Å². The Hall–Kier alpha value is -2.06. The van der Waals surface area contributed by atoms with Crippen LogP contribution in [-0.4, -0.2) is 31.1 Å². The fourth-order valence-electron chi connectivity index (χ4n) is 4.08. The molecule has 2 aromatic carbocycles. The molecule has 0 unspecified atom stereocenters. The molecule has 2 nitrogen and oxygen atoms in total. The van der Waals surface area contributed by atoms with Crippen molar-refractivity contribution in [3.8, 4) is 5.75 Å². The Morgan fingerprint density at radius 1 is 1.04 bits per heavy atom. The topological polar surface area (TPSA) is 12.5 Å². The Morgan fingerprint density at radius 2 is 1.82 bits per heavy atom. The molecule has 0 aliphatic carbocycles. The molecule has 0 fully saturated rings. The number of benzene rings is 2. The molecule has 0 atom stereocenters. The number of aryl methyl sites for hydroxylation is 2. The maximum absolute atomic E-state index is 6.33. The van der Waals surface area contributed by atoms with Gasteiger partial charge in [-0.25, -0.2) is 0 Å². The van der Waals surface area contributed by atoms with Gasteiger partial charge in [-0.05, 0) is 81.2 Å². The van der Waals surface area contributed by atoms with Gasteiger partial charge >= 0.3 is 0 Å². The van der Waals surface area contributed by atoms with E-state index in [1.165, 1.54) is 40.8 Å². The summed E-state index contributed by atoms with van der Waals surface area (Å²) in [7, 11) is 0. The Bertz CT molecular complexity index is 766. The highest BCUT2D eigenvalue weighted by molar-refractivity contribution is 5.47.